The summed E-state index contributed by atoms with van der Waals surface area (Å²) in [4.78, 5) is 0. The Kier molecular flexibility index (Phi) is 15.1. The van der Waals surface area contributed by atoms with Gasteiger partial charge < -0.3 is 25.8 Å². The fraction of sp³-hybridized carbons (Fsp3) is 0.231. The van der Waals surface area contributed by atoms with Crippen molar-refractivity contribution in [3.8, 4) is 22.6 Å². The minimum atomic E-state index is -2.37. The molecule has 2 heterocycles. The standard InChI is InChI=1S/C78H84O6P2Si6/c1-87(2,3)55-39-35-53-45-67(91(13,14)15)77-73(61(53)47-55)69-57-31-23-19-27-49(57)37-41-63(69)79-85(83-77)81-75-65(89(7,8)9)43-51-29-21-25-33-59(51)71(75)72-60-34-26-22-30-52(60)44-66(90(10,11)12)76(72)82-86-80-64-42-38-50-28-20-24-32-58(50)70(64)74-62-48-56(88(4,5)6)40-36-54(62)46-68(78(74)84-86)92(16,17)18/h19-48H,1-18H3. The molecular weight excluding hydrogens is 1260 g/mol. The first-order valence-corrected chi connectivity index (χ1v) is 55.7. The molecule has 2 aromatic heterocycles. The molecule has 2 atom stereocenters. The van der Waals surface area contributed by atoms with Gasteiger partial charge in [0.1, 0.15) is 33.8 Å². The average Bonchev–Trinajstić information content (AvgIpc) is 1.21. The largest absolute Gasteiger partial charge is 0.453 e. The summed E-state index contributed by atoms with van der Waals surface area (Å²) >= 11 is 0. The van der Waals surface area contributed by atoms with Gasteiger partial charge in [0.15, 0.2) is 0 Å². The van der Waals surface area contributed by atoms with Crippen LogP contribution in [0.25, 0.3) is 120 Å². The van der Waals surface area contributed by atoms with Crippen LogP contribution in [-0.4, -0.2) is 48.4 Å². The molecule has 14 heteroatoms. The molecule has 0 spiro atoms. The zero-order valence-corrected chi connectivity index (χ0v) is 64.5. The second-order valence-electron chi connectivity index (χ2n) is 31.6. The van der Waals surface area contributed by atoms with Crippen molar-refractivity contribution in [2.75, 3.05) is 0 Å². The fourth-order valence-electron chi connectivity index (χ4n) is 13.7. The average molecular weight is 1350 g/mol. The summed E-state index contributed by atoms with van der Waals surface area (Å²) in [6.07, 6.45) is 0. The second kappa shape index (κ2) is 22.3. The van der Waals surface area contributed by atoms with Crippen molar-refractivity contribution in [1.29, 1.82) is 0 Å². The molecule has 12 aromatic carbocycles. The lowest BCUT2D eigenvalue weighted by molar-refractivity contribution is 0.497. The van der Waals surface area contributed by atoms with Gasteiger partial charge in [-0.15, -0.1) is 0 Å². The molecule has 14 aromatic rings. The predicted octanol–water partition coefficient (Wildman–Crippen LogP) is 22.4. The van der Waals surface area contributed by atoms with E-state index in [1.807, 2.05) is 0 Å². The number of rotatable bonds is 11. The second-order valence-corrected chi connectivity index (χ2v) is 63.9. The van der Waals surface area contributed by atoms with E-state index in [1.165, 1.54) is 42.3 Å². The van der Waals surface area contributed by atoms with Crippen molar-refractivity contribution in [1.82, 2.24) is 0 Å². The van der Waals surface area contributed by atoms with Crippen LogP contribution >= 0.6 is 16.5 Å². The van der Waals surface area contributed by atoms with Gasteiger partial charge in [-0.2, -0.15) is 0 Å². The van der Waals surface area contributed by atoms with Crippen LogP contribution < -0.4 is 40.2 Å². The molecule has 0 fully saturated rings. The van der Waals surface area contributed by atoms with E-state index in [1.54, 1.807) is 0 Å². The Morgan fingerprint density at radius 2 is 0.565 bits per heavy atom. The summed E-state index contributed by atoms with van der Waals surface area (Å²) in [5.74, 6) is 1.50. The fourth-order valence-corrected chi connectivity index (χ4v) is 24.3. The maximum atomic E-state index is 8.05. The molecule has 0 saturated heterocycles. The summed E-state index contributed by atoms with van der Waals surface area (Å²) in [7, 11) is -17.1. The number of benzene rings is 12. The van der Waals surface area contributed by atoms with E-state index in [2.05, 4.69) is 300 Å². The lowest BCUT2D eigenvalue weighted by Crippen LogP contribution is -2.39. The number of hydrogen-bond acceptors (Lipinski definition) is 6. The molecule has 0 aliphatic heterocycles. The molecule has 0 saturated carbocycles. The molecular formula is C78H84O6P2Si6. The third kappa shape index (κ3) is 11.0. The van der Waals surface area contributed by atoms with Crippen LogP contribution in [0.1, 0.15) is 0 Å². The first kappa shape index (κ1) is 62.4. The van der Waals surface area contributed by atoms with Gasteiger partial charge in [-0.3, -0.25) is 0 Å². The Balaban J connectivity index is 1.14. The van der Waals surface area contributed by atoms with Crippen LogP contribution in [0.15, 0.2) is 199 Å². The zero-order chi connectivity index (χ0) is 64.9. The van der Waals surface area contributed by atoms with Crippen LogP contribution in [0.4, 0.5) is 0 Å². The summed E-state index contributed by atoms with van der Waals surface area (Å²) in [5.41, 5.74) is 5.09. The normalized spacial score (nSPS) is 13.5. The van der Waals surface area contributed by atoms with Gasteiger partial charge in [0.25, 0.3) is 0 Å². The summed E-state index contributed by atoms with van der Waals surface area (Å²) in [6, 6.07) is 67.8. The lowest BCUT2D eigenvalue weighted by atomic mass is 9.92. The maximum Gasteiger partial charge on any atom is 0.453 e. The highest BCUT2D eigenvalue weighted by molar-refractivity contribution is 7.32. The van der Waals surface area contributed by atoms with E-state index >= 15 is 0 Å². The van der Waals surface area contributed by atoms with Crippen LogP contribution in [0.5, 0.6) is 11.5 Å². The van der Waals surface area contributed by atoms with E-state index in [4.69, 9.17) is 25.8 Å². The topological polar surface area (TPSA) is 71.0 Å². The summed E-state index contributed by atoms with van der Waals surface area (Å²) in [5, 5.41) is 25.5. The number of fused-ring (bicyclic) bond motifs is 16. The van der Waals surface area contributed by atoms with Gasteiger partial charge in [0, 0.05) is 32.7 Å². The lowest BCUT2D eigenvalue weighted by Gasteiger charge is -2.28. The quantitative estimate of drug-likeness (QED) is 0.120. The van der Waals surface area contributed by atoms with Crippen molar-refractivity contribution < 1.29 is 25.8 Å². The molecule has 0 amide bonds. The Morgan fingerprint density at radius 3 is 0.913 bits per heavy atom. The van der Waals surface area contributed by atoms with Crippen LogP contribution in [0, 0.1) is 0 Å². The maximum absolute atomic E-state index is 8.05. The van der Waals surface area contributed by atoms with Gasteiger partial charge in [0.2, 0.25) is 0 Å². The third-order valence-corrected chi connectivity index (χ3v) is 32.8. The monoisotopic (exact) mass is 1350 g/mol. The van der Waals surface area contributed by atoms with Gasteiger partial charge in [-0.1, -0.05) is 298 Å². The molecule has 2 unspecified atom stereocenters. The van der Waals surface area contributed by atoms with Gasteiger partial charge in [0.05, 0.1) is 48.4 Å². The van der Waals surface area contributed by atoms with Gasteiger partial charge in [-0.05, 0) is 97.5 Å². The highest BCUT2D eigenvalue weighted by Crippen LogP contribution is 2.52. The highest BCUT2D eigenvalue weighted by Gasteiger charge is 2.36. The van der Waals surface area contributed by atoms with Crippen LogP contribution in [0.3, 0.4) is 0 Å². The van der Waals surface area contributed by atoms with E-state index in [-0.39, 0.29) is 0 Å². The third-order valence-electron chi connectivity index (χ3n) is 18.7. The smallest absolute Gasteiger partial charge is 0.390 e. The molecule has 0 aliphatic rings. The first-order valence-electron chi connectivity index (χ1n) is 32.5. The van der Waals surface area contributed by atoms with Crippen molar-refractivity contribution in [2.24, 2.45) is 0 Å². The Hall–Kier alpha value is -7.10. The Morgan fingerprint density at radius 1 is 0.261 bits per heavy atom. The molecule has 466 valence electrons. The highest BCUT2D eigenvalue weighted by atomic mass is 31.1. The van der Waals surface area contributed by atoms with E-state index < -0.39 is 64.9 Å². The molecule has 92 heavy (non-hydrogen) atoms. The molecule has 0 bridgehead atoms. The van der Waals surface area contributed by atoms with Gasteiger partial charge in [-0.25, -0.2) is 0 Å². The molecule has 0 aliphatic carbocycles. The van der Waals surface area contributed by atoms with Gasteiger partial charge >= 0.3 is 16.5 Å². The van der Waals surface area contributed by atoms with E-state index in [0.29, 0.717) is 0 Å². The predicted molar refractivity (Wildman–Crippen MR) is 419 cm³/mol. The Labute approximate surface area is 548 Å². The van der Waals surface area contributed by atoms with Crippen LogP contribution in [-0.2, 0) is 0 Å². The SMILES string of the molecule is C[Si](C)(C)c1ccc2cc([Si](C)(C)C)c3op(Oc4c([Si](C)(C)C)cc5ccccc5c4-c4c(Op5oc6ccc7ccccc7c6c6c(o5)c([Si](C)(C)C)cc5ccc([Si](C)(C)C)cc56)c([Si](C)(C)C)cc5ccccc45)oc4ccc5ccccc5c4c3c2c1. The van der Waals surface area contributed by atoms with Crippen LogP contribution in [0.2, 0.25) is 118 Å². The van der Waals surface area contributed by atoms with Crippen molar-refractivity contribution in [3.05, 3.63) is 182 Å². The summed E-state index contributed by atoms with van der Waals surface area (Å²) < 4.78 is 46.8. The van der Waals surface area contributed by atoms with Crippen molar-refractivity contribution in [3.63, 3.8) is 0 Å². The molecule has 0 N–H and O–H groups in total. The number of hydrogen-bond donors (Lipinski definition) is 0. The van der Waals surface area contributed by atoms with Crippen molar-refractivity contribution in [2.45, 2.75) is 118 Å². The van der Waals surface area contributed by atoms with Crippen molar-refractivity contribution >= 4 is 205 Å². The Bertz CT molecular complexity index is 5160. The minimum absolute atomic E-state index is 0.745. The van der Waals surface area contributed by atoms with E-state index in [9.17, 15) is 0 Å². The van der Waals surface area contributed by atoms with E-state index in [0.717, 1.165) is 120 Å². The zero-order valence-electron chi connectivity index (χ0n) is 56.7. The first-order chi connectivity index (χ1) is 43.4. The minimum Gasteiger partial charge on any atom is -0.390 e. The molecule has 6 nitrogen and oxygen atoms in total. The summed E-state index contributed by atoms with van der Waals surface area (Å²) in [6.45, 7) is 43.7. The molecule has 14 rings (SSSR count). The molecule has 0 radical (unpaired) electrons.